The van der Waals surface area contributed by atoms with Gasteiger partial charge in [-0.2, -0.15) is 0 Å². The molecule has 0 unspecified atom stereocenters. The van der Waals surface area contributed by atoms with Crippen LogP contribution >= 0.6 is 0 Å². The van der Waals surface area contributed by atoms with Gasteiger partial charge in [0.05, 0.1) is 12.3 Å². The predicted molar refractivity (Wildman–Crippen MR) is 99.7 cm³/mol. The third-order valence-corrected chi connectivity index (χ3v) is 5.46. The van der Waals surface area contributed by atoms with Gasteiger partial charge in [-0.15, -0.1) is 5.92 Å². The van der Waals surface area contributed by atoms with E-state index in [-0.39, 0.29) is 43.3 Å². The Labute approximate surface area is 180 Å². The van der Waals surface area contributed by atoms with Crippen molar-refractivity contribution in [2.45, 2.75) is 57.8 Å². The van der Waals surface area contributed by atoms with Gasteiger partial charge in [0.2, 0.25) is 0 Å². The van der Waals surface area contributed by atoms with Gasteiger partial charge in [0.1, 0.15) is 12.4 Å². The maximum Gasteiger partial charge on any atom is 1.00 e. The summed E-state index contributed by atoms with van der Waals surface area (Å²) >= 11 is 0. The third kappa shape index (κ3) is 5.39. The number of hydrogen-bond acceptors (Lipinski definition) is 2. The molecule has 1 N–H and O–H groups in total. The predicted octanol–water partition coefficient (Wildman–Crippen LogP) is 2.04. The van der Waals surface area contributed by atoms with Crippen molar-refractivity contribution in [1.82, 2.24) is 0 Å². The normalized spacial score (nSPS) is 18.4. The Kier molecular flexibility index (Phi) is 7.83. The van der Waals surface area contributed by atoms with E-state index in [1.165, 1.54) is 37.7 Å². The first-order chi connectivity index (χ1) is 12.1. The summed E-state index contributed by atoms with van der Waals surface area (Å²) in [5.41, 5.74) is 2.83. The second-order valence-corrected chi connectivity index (χ2v) is 7.27. The van der Waals surface area contributed by atoms with Crippen molar-refractivity contribution < 1.29 is 45.6 Å². The van der Waals surface area contributed by atoms with Crippen LogP contribution in [-0.4, -0.2) is 17.7 Å². The molecule has 1 saturated carbocycles. The van der Waals surface area contributed by atoms with E-state index >= 15 is 0 Å². The summed E-state index contributed by atoms with van der Waals surface area (Å²) in [6.45, 7) is 2.40. The second-order valence-electron chi connectivity index (χ2n) is 7.27. The summed E-state index contributed by atoms with van der Waals surface area (Å²) in [5.74, 6) is 5.52. The van der Waals surface area contributed by atoms with Gasteiger partial charge in [0.15, 0.2) is 0 Å². The van der Waals surface area contributed by atoms with Crippen LogP contribution < -0.4 is 34.3 Å². The number of ether oxygens (including phenoxy) is 1. The van der Waals surface area contributed by atoms with Crippen LogP contribution in [0.1, 0.15) is 64.8 Å². The molecule has 1 atom stereocenters. The fourth-order valence-electron chi connectivity index (χ4n) is 4.15. The molecule has 1 spiro atoms. The van der Waals surface area contributed by atoms with E-state index < -0.39 is 5.97 Å². The molecule has 2 aliphatic rings. The zero-order valence-corrected chi connectivity index (χ0v) is 17.9. The van der Waals surface area contributed by atoms with Crippen LogP contribution in [0.4, 0.5) is 0 Å². The first-order valence-corrected chi connectivity index (χ1v) is 9.18. The van der Waals surface area contributed by atoms with Crippen molar-refractivity contribution in [2.24, 2.45) is 5.41 Å². The molecule has 3 nitrogen and oxygen atoms in total. The van der Waals surface area contributed by atoms with E-state index in [4.69, 9.17) is 9.84 Å². The summed E-state index contributed by atoms with van der Waals surface area (Å²) in [7, 11) is 0. The van der Waals surface area contributed by atoms with Crippen molar-refractivity contribution in [3.63, 3.8) is 0 Å². The van der Waals surface area contributed by atoms with Crippen LogP contribution in [0.5, 0.6) is 5.75 Å². The number of allylic oxidation sites excluding steroid dienone is 1. The molecule has 0 heterocycles. The fourth-order valence-corrected chi connectivity index (χ4v) is 4.15. The molecule has 1 fully saturated rings. The largest absolute Gasteiger partial charge is 1.00 e. The van der Waals surface area contributed by atoms with Crippen LogP contribution in [0.2, 0.25) is 0 Å². The SMILES string of the molecule is CC#C[C@@H](CC(=O)O)c1ccc(OCC2=CC3(CCCC3)CC2)cc1.[H-].[Na+]. The van der Waals surface area contributed by atoms with E-state index in [1.54, 1.807) is 6.92 Å². The maximum atomic E-state index is 11.0. The van der Waals surface area contributed by atoms with Gasteiger partial charge in [-0.3, -0.25) is 4.79 Å². The van der Waals surface area contributed by atoms with E-state index in [9.17, 15) is 4.79 Å². The minimum absolute atomic E-state index is 0. The minimum Gasteiger partial charge on any atom is -1.00 e. The van der Waals surface area contributed by atoms with Gasteiger partial charge in [-0.25, -0.2) is 0 Å². The van der Waals surface area contributed by atoms with Crippen molar-refractivity contribution in [3.05, 3.63) is 41.5 Å². The van der Waals surface area contributed by atoms with Crippen LogP contribution in [0, 0.1) is 17.3 Å². The Morgan fingerprint density at radius 1 is 1.27 bits per heavy atom. The number of aliphatic carboxylic acids is 1. The number of rotatable bonds is 6. The molecule has 0 amide bonds. The monoisotopic (exact) mass is 362 g/mol. The molecule has 3 rings (SSSR count). The smallest absolute Gasteiger partial charge is 1.00 e. The molecule has 1 aromatic carbocycles. The Bertz CT molecular complexity index is 709. The second kappa shape index (κ2) is 9.65. The molecule has 0 saturated heterocycles. The summed E-state index contributed by atoms with van der Waals surface area (Å²) in [4.78, 5) is 11.0. The molecule has 0 aliphatic heterocycles. The molecule has 1 aromatic rings. The molecular formula is C22H27NaO3. The summed E-state index contributed by atoms with van der Waals surface area (Å²) in [5, 5.41) is 9.02. The van der Waals surface area contributed by atoms with Gasteiger partial charge in [-0.1, -0.05) is 37.0 Å². The average molecular weight is 362 g/mol. The van der Waals surface area contributed by atoms with Gasteiger partial charge >= 0.3 is 35.5 Å². The number of carboxylic acids is 1. The van der Waals surface area contributed by atoms with Crippen LogP contribution in [0.3, 0.4) is 0 Å². The van der Waals surface area contributed by atoms with Crippen molar-refractivity contribution >= 4 is 5.97 Å². The summed E-state index contributed by atoms with van der Waals surface area (Å²) < 4.78 is 5.95. The average Bonchev–Trinajstić information content (AvgIpc) is 3.23. The standard InChI is InChI=1S/C22H26O3.Na.H/c1-2-5-19(14-21(23)24)18-6-8-20(9-7-18)25-16-17-10-13-22(15-17)11-3-4-12-22;;/h6-9,15,19H,3-4,10-14,16H2,1H3,(H,23,24);;/q;+1;-1/t19-;;/m0../s1. The first-order valence-electron chi connectivity index (χ1n) is 9.18. The maximum absolute atomic E-state index is 11.0. The first kappa shape index (κ1) is 21.1. The number of hydrogen-bond donors (Lipinski definition) is 1. The Morgan fingerprint density at radius 2 is 1.96 bits per heavy atom. The number of benzene rings is 1. The molecule has 0 bridgehead atoms. The van der Waals surface area contributed by atoms with E-state index in [1.807, 2.05) is 24.3 Å². The molecule has 2 aliphatic carbocycles. The van der Waals surface area contributed by atoms with E-state index in [0.717, 1.165) is 17.7 Å². The summed E-state index contributed by atoms with van der Waals surface area (Å²) in [6.07, 6.45) is 10.4. The van der Waals surface area contributed by atoms with Crippen molar-refractivity contribution in [3.8, 4) is 17.6 Å². The molecule has 134 valence electrons. The molecular weight excluding hydrogens is 335 g/mol. The van der Waals surface area contributed by atoms with Gasteiger partial charge < -0.3 is 11.3 Å². The molecule has 0 aromatic heterocycles. The zero-order chi connectivity index (χ0) is 17.7. The summed E-state index contributed by atoms with van der Waals surface area (Å²) in [6, 6.07) is 7.69. The van der Waals surface area contributed by atoms with Crippen LogP contribution in [0.15, 0.2) is 35.9 Å². The number of carbonyl (C=O) groups is 1. The quantitative estimate of drug-likeness (QED) is 0.479. The minimum atomic E-state index is -0.831. The van der Waals surface area contributed by atoms with E-state index in [2.05, 4.69) is 17.9 Å². The van der Waals surface area contributed by atoms with E-state index in [0.29, 0.717) is 12.0 Å². The molecule has 0 radical (unpaired) electrons. The molecule has 26 heavy (non-hydrogen) atoms. The van der Waals surface area contributed by atoms with Gasteiger partial charge in [0, 0.05) is 0 Å². The topological polar surface area (TPSA) is 46.5 Å². The van der Waals surface area contributed by atoms with Gasteiger partial charge in [0.25, 0.3) is 0 Å². The Morgan fingerprint density at radius 3 is 2.58 bits per heavy atom. The zero-order valence-electron chi connectivity index (χ0n) is 16.9. The fraction of sp³-hybridized carbons (Fsp3) is 0.500. The number of carboxylic acid groups (broad SMARTS) is 1. The van der Waals surface area contributed by atoms with Crippen molar-refractivity contribution in [1.29, 1.82) is 0 Å². The molecule has 4 heteroatoms. The third-order valence-electron chi connectivity index (χ3n) is 5.46. The van der Waals surface area contributed by atoms with Crippen molar-refractivity contribution in [2.75, 3.05) is 6.61 Å². The Balaban J connectivity index is 0.00000182. The van der Waals surface area contributed by atoms with Crippen LogP contribution in [-0.2, 0) is 4.79 Å². The Hall–Kier alpha value is -1.21. The van der Waals surface area contributed by atoms with Crippen LogP contribution in [0.25, 0.3) is 0 Å². The van der Waals surface area contributed by atoms with Gasteiger partial charge in [-0.05, 0) is 61.3 Å².